The topological polar surface area (TPSA) is 46.5 Å². The molecule has 0 atom stereocenters. The number of rotatable bonds is 9. The Morgan fingerprint density at radius 3 is 2.61 bits per heavy atom. The second-order valence-electron chi connectivity index (χ2n) is 5.25. The van der Waals surface area contributed by atoms with Crippen molar-refractivity contribution in [3.8, 4) is 16.9 Å². The molecule has 0 amide bonds. The minimum Gasteiger partial charge on any atom is -0.494 e. The van der Waals surface area contributed by atoms with Gasteiger partial charge in [-0.1, -0.05) is 31.2 Å². The van der Waals surface area contributed by atoms with Crippen LogP contribution in [0, 0.1) is 0 Å². The van der Waals surface area contributed by atoms with Gasteiger partial charge in [-0.2, -0.15) is 0 Å². The lowest BCUT2D eigenvalue weighted by Crippen LogP contribution is -1.95. The maximum absolute atomic E-state index is 10.5. The third-order valence-electron chi connectivity index (χ3n) is 3.30. The van der Waals surface area contributed by atoms with Crippen molar-refractivity contribution in [2.45, 2.75) is 31.1 Å². The van der Waals surface area contributed by atoms with E-state index >= 15 is 0 Å². The highest BCUT2D eigenvalue weighted by Crippen LogP contribution is 2.27. The Morgan fingerprint density at radius 2 is 1.91 bits per heavy atom. The van der Waals surface area contributed by atoms with E-state index in [4.69, 9.17) is 9.84 Å². The van der Waals surface area contributed by atoms with Crippen LogP contribution in [0.15, 0.2) is 53.4 Å². The zero-order valence-electron chi connectivity index (χ0n) is 13.3. The smallest absolute Gasteiger partial charge is 0.303 e. The number of benzene rings is 2. The van der Waals surface area contributed by atoms with Crippen molar-refractivity contribution in [3.05, 3.63) is 48.5 Å². The molecule has 0 unspecified atom stereocenters. The molecule has 0 aliphatic carbocycles. The van der Waals surface area contributed by atoms with Gasteiger partial charge >= 0.3 is 5.97 Å². The Balaban J connectivity index is 1.95. The maximum Gasteiger partial charge on any atom is 0.303 e. The van der Waals surface area contributed by atoms with E-state index in [1.165, 1.54) is 0 Å². The Morgan fingerprint density at radius 1 is 1.13 bits per heavy atom. The standard InChI is InChI=1S/C19H22O3S/c1-2-12-22-17-6-3-5-16(14-17)15-8-10-18(11-9-15)23-13-4-7-19(20)21/h3,5-6,8-11,14H,2,4,7,12-13H2,1H3,(H,20,21). The third-order valence-corrected chi connectivity index (χ3v) is 4.40. The molecule has 2 rings (SSSR count). The summed E-state index contributed by atoms with van der Waals surface area (Å²) >= 11 is 1.69. The van der Waals surface area contributed by atoms with Gasteiger partial charge in [-0.05, 0) is 54.0 Å². The van der Waals surface area contributed by atoms with Gasteiger partial charge < -0.3 is 9.84 Å². The summed E-state index contributed by atoms with van der Waals surface area (Å²) in [5.74, 6) is 0.994. The first kappa shape index (κ1) is 17.4. The van der Waals surface area contributed by atoms with Crippen molar-refractivity contribution in [3.63, 3.8) is 0 Å². The van der Waals surface area contributed by atoms with Crippen molar-refractivity contribution in [2.24, 2.45) is 0 Å². The zero-order valence-corrected chi connectivity index (χ0v) is 14.1. The number of carboxylic acids is 1. The second-order valence-corrected chi connectivity index (χ2v) is 6.41. The molecule has 3 nitrogen and oxygen atoms in total. The van der Waals surface area contributed by atoms with Crippen molar-refractivity contribution in [1.29, 1.82) is 0 Å². The molecule has 0 radical (unpaired) electrons. The number of hydrogen-bond donors (Lipinski definition) is 1. The van der Waals surface area contributed by atoms with Gasteiger partial charge in [0.1, 0.15) is 5.75 Å². The molecular formula is C19H22O3S. The molecule has 0 aliphatic rings. The van der Waals surface area contributed by atoms with Gasteiger partial charge in [0, 0.05) is 11.3 Å². The first-order chi connectivity index (χ1) is 11.2. The molecule has 0 saturated heterocycles. The number of thioether (sulfide) groups is 1. The average molecular weight is 330 g/mol. The fraction of sp³-hybridized carbons (Fsp3) is 0.316. The van der Waals surface area contributed by atoms with E-state index in [0.29, 0.717) is 6.42 Å². The third kappa shape index (κ3) is 5.99. The number of aliphatic carboxylic acids is 1. The highest BCUT2D eigenvalue weighted by atomic mass is 32.2. The minimum absolute atomic E-state index is 0.232. The van der Waals surface area contributed by atoms with Crippen LogP contribution in [-0.2, 0) is 4.79 Å². The molecular weight excluding hydrogens is 308 g/mol. The molecule has 2 aromatic carbocycles. The van der Waals surface area contributed by atoms with Crippen LogP contribution < -0.4 is 4.74 Å². The SMILES string of the molecule is CCCOc1cccc(-c2ccc(SCCCC(=O)O)cc2)c1. The van der Waals surface area contributed by atoms with Gasteiger partial charge in [0.15, 0.2) is 0 Å². The van der Waals surface area contributed by atoms with E-state index in [1.807, 2.05) is 12.1 Å². The lowest BCUT2D eigenvalue weighted by atomic mass is 10.1. The molecule has 0 saturated carbocycles. The molecule has 23 heavy (non-hydrogen) atoms. The quantitative estimate of drug-likeness (QED) is 0.513. The van der Waals surface area contributed by atoms with Crippen LogP contribution in [0.1, 0.15) is 26.2 Å². The lowest BCUT2D eigenvalue weighted by Gasteiger charge is -2.08. The van der Waals surface area contributed by atoms with Crippen LogP contribution in [0.25, 0.3) is 11.1 Å². The van der Waals surface area contributed by atoms with E-state index in [2.05, 4.69) is 43.3 Å². The van der Waals surface area contributed by atoms with E-state index < -0.39 is 5.97 Å². The fourth-order valence-electron chi connectivity index (χ4n) is 2.14. The molecule has 0 bridgehead atoms. The zero-order chi connectivity index (χ0) is 16.5. The molecule has 4 heteroatoms. The summed E-state index contributed by atoms with van der Waals surface area (Å²) in [4.78, 5) is 11.7. The largest absolute Gasteiger partial charge is 0.494 e. The molecule has 1 N–H and O–H groups in total. The van der Waals surface area contributed by atoms with Crippen LogP contribution in [0.2, 0.25) is 0 Å². The maximum atomic E-state index is 10.5. The number of ether oxygens (including phenoxy) is 1. The fourth-order valence-corrected chi connectivity index (χ4v) is 3.00. The van der Waals surface area contributed by atoms with Crippen LogP contribution >= 0.6 is 11.8 Å². The van der Waals surface area contributed by atoms with Crippen LogP contribution in [0.4, 0.5) is 0 Å². The van der Waals surface area contributed by atoms with E-state index in [-0.39, 0.29) is 6.42 Å². The summed E-state index contributed by atoms with van der Waals surface area (Å²) in [6.07, 6.45) is 1.92. The Labute approximate surface area is 141 Å². The molecule has 0 heterocycles. The lowest BCUT2D eigenvalue weighted by molar-refractivity contribution is -0.137. The van der Waals surface area contributed by atoms with Gasteiger partial charge in [0.25, 0.3) is 0 Å². The summed E-state index contributed by atoms with van der Waals surface area (Å²) in [6, 6.07) is 16.5. The van der Waals surface area contributed by atoms with Gasteiger partial charge in [-0.15, -0.1) is 11.8 Å². The van der Waals surface area contributed by atoms with Gasteiger partial charge in [-0.3, -0.25) is 4.79 Å². The summed E-state index contributed by atoms with van der Waals surface area (Å²) < 4.78 is 5.67. The normalized spacial score (nSPS) is 10.5. The first-order valence-corrected chi connectivity index (χ1v) is 8.85. The second kappa shape index (κ2) is 9.26. The summed E-state index contributed by atoms with van der Waals surface area (Å²) in [6.45, 7) is 2.83. The Hall–Kier alpha value is -1.94. The van der Waals surface area contributed by atoms with Crippen molar-refractivity contribution < 1.29 is 14.6 Å². The molecule has 0 aromatic heterocycles. The van der Waals surface area contributed by atoms with E-state index in [0.717, 1.165) is 40.6 Å². The highest BCUT2D eigenvalue weighted by molar-refractivity contribution is 7.99. The number of hydrogen-bond acceptors (Lipinski definition) is 3. The summed E-state index contributed by atoms with van der Waals surface area (Å²) in [7, 11) is 0. The van der Waals surface area contributed by atoms with Gasteiger partial charge in [0.2, 0.25) is 0 Å². The highest BCUT2D eigenvalue weighted by Gasteiger charge is 2.02. The summed E-state index contributed by atoms with van der Waals surface area (Å²) in [5.41, 5.74) is 2.29. The Bertz CT molecular complexity index is 623. The molecule has 0 spiro atoms. The van der Waals surface area contributed by atoms with Crippen LogP contribution in [0.3, 0.4) is 0 Å². The first-order valence-electron chi connectivity index (χ1n) is 7.87. The van der Waals surface area contributed by atoms with Crippen LogP contribution in [0.5, 0.6) is 5.75 Å². The average Bonchev–Trinajstić information content (AvgIpc) is 2.57. The van der Waals surface area contributed by atoms with Crippen LogP contribution in [-0.4, -0.2) is 23.4 Å². The molecule has 122 valence electrons. The molecule has 0 fully saturated rings. The molecule has 0 aliphatic heterocycles. The number of carbonyl (C=O) groups is 1. The van der Waals surface area contributed by atoms with Crippen molar-refractivity contribution >= 4 is 17.7 Å². The predicted octanol–water partition coefficient (Wildman–Crippen LogP) is 5.10. The predicted molar refractivity (Wildman–Crippen MR) is 95.3 cm³/mol. The summed E-state index contributed by atoms with van der Waals surface area (Å²) in [5, 5.41) is 8.63. The Kier molecular flexibility index (Phi) is 7.01. The molecule has 2 aromatic rings. The van der Waals surface area contributed by atoms with Crippen molar-refractivity contribution in [1.82, 2.24) is 0 Å². The van der Waals surface area contributed by atoms with Gasteiger partial charge in [-0.25, -0.2) is 0 Å². The van der Waals surface area contributed by atoms with E-state index in [1.54, 1.807) is 11.8 Å². The van der Waals surface area contributed by atoms with E-state index in [9.17, 15) is 4.79 Å². The monoisotopic (exact) mass is 330 g/mol. The minimum atomic E-state index is -0.730. The van der Waals surface area contributed by atoms with Crippen molar-refractivity contribution in [2.75, 3.05) is 12.4 Å². The number of carboxylic acid groups (broad SMARTS) is 1. The van der Waals surface area contributed by atoms with Gasteiger partial charge in [0.05, 0.1) is 6.61 Å².